The van der Waals surface area contributed by atoms with E-state index in [0.717, 1.165) is 32.0 Å². The minimum absolute atomic E-state index is 0.328. The van der Waals surface area contributed by atoms with Crippen LogP contribution in [0.1, 0.15) is 12.8 Å². The van der Waals surface area contributed by atoms with Crippen molar-refractivity contribution in [3.05, 3.63) is 0 Å². The van der Waals surface area contributed by atoms with E-state index in [9.17, 15) is 8.42 Å². The Balaban J connectivity index is 1.64. The Morgan fingerprint density at radius 1 is 1.29 bits per heavy atom. The average Bonchev–Trinajstić information content (AvgIpc) is 1.98. The third kappa shape index (κ3) is 2.10. The van der Waals surface area contributed by atoms with E-state index in [4.69, 9.17) is 5.73 Å². The summed E-state index contributed by atoms with van der Waals surface area (Å²) in [5, 5.41) is 0. The first kappa shape index (κ1) is 10.4. The molecule has 2 rings (SSSR count). The molecule has 0 spiro atoms. The van der Waals surface area contributed by atoms with Gasteiger partial charge >= 0.3 is 0 Å². The zero-order valence-corrected chi connectivity index (χ0v) is 9.17. The van der Waals surface area contributed by atoms with Gasteiger partial charge in [0.2, 0.25) is 0 Å². The monoisotopic (exact) mass is 218 g/mol. The first-order valence-corrected chi connectivity index (χ1v) is 7.07. The van der Waals surface area contributed by atoms with Crippen LogP contribution in [-0.2, 0) is 9.84 Å². The Labute approximate surface area is 85.4 Å². The van der Waals surface area contributed by atoms with Crippen LogP contribution < -0.4 is 5.73 Å². The summed E-state index contributed by atoms with van der Waals surface area (Å²) in [6.07, 6.45) is 2.30. The van der Waals surface area contributed by atoms with E-state index in [0.29, 0.717) is 17.5 Å². The number of sulfone groups is 1. The summed E-state index contributed by atoms with van der Waals surface area (Å²) >= 11 is 0. The molecule has 0 aromatic carbocycles. The van der Waals surface area contributed by atoms with Gasteiger partial charge in [-0.05, 0) is 25.3 Å². The molecule has 2 saturated heterocycles. The molecule has 0 aliphatic carbocycles. The molecule has 0 saturated carbocycles. The van der Waals surface area contributed by atoms with Gasteiger partial charge in [-0.15, -0.1) is 0 Å². The second kappa shape index (κ2) is 3.79. The summed E-state index contributed by atoms with van der Waals surface area (Å²) in [5.41, 5.74) is 5.43. The fraction of sp³-hybridized carbons (Fsp3) is 1.00. The Morgan fingerprint density at radius 2 is 1.93 bits per heavy atom. The van der Waals surface area contributed by atoms with Crippen LogP contribution in [-0.4, -0.2) is 50.5 Å². The molecule has 0 unspecified atom stereocenters. The fourth-order valence-corrected chi connectivity index (χ4v) is 3.74. The van der Waals surface area contributed by atoms with Crippen molar-refractivity contribution >= 4 is 9.84 Å². The lowest BCUT2D eigenvalue weighted by atomic mass is 9.93. The Hall–Kier alpha value is -0.130. The van der Waals surface area contributed by atoms with Gasteiger partial charge < -0.3 is 5.73 Å². The number of hydrogen-bond donors (Lipinski definition) is 1. The molecule has 0 radical (unpaired) electrons. The van der Waals surface area contributed by atoms with Crippen LogP contribution in [0.3, 0.4) is 0 Å². The molecule has 2 heterocycles. The summed E-state index contributed by atoms with van der Waals surface area (Å²) < 4.78 is 21.9. The van der Waals surface area contributed by atoms with Gasteiger partial charge in [0.15, 0.2) is 9.84 Å². The highest BCUT2D eigenvalue weighted by atomic mass is 32.2. The van der Waals surface area contributed by atoms with Crippen LogP contribution in [0.5, 0.6) is 0 Å². The minimum Gasteiger partial charge on any atom is -0.330 e. The molecule has 0 aromatic heterocycles. The van der Waals surface area contributed by atoms with Crippen molar-refractivity contribution in [2.45, 2.75) is 18.9 Å². The summed E-state index contributed by atoms with van der Waals surface area (Å²) in [6.45, 7) is 2.94. The summed E-state index contributed by atoms with van der Waals surface area (Å²) in [5.74, 6) is 1.54. The maximum absolute atomic E-state index is 11.0. The molecule has 2 aliphatic rings. The molecule has 0 atom stereocenters. The third-order valence-electron chi connectivity index (χ3n) is 3.21. The molecule has 0 aromatic rings. The van der Waals surface area contributed by atoms with Crippen LogP contribution in [0.2, 0.25) is 0 Å². The highest BCUT2D eigenvalue weighted by Crippen LogP contribution is 2.27. The first-order valence-electron chi connectivity index (χ1n) is 5.25. The third-order valence-corrected chi connectivity index (χ3v) is 5.00. The molecule has 4 nitrogen and oxygen atoms in total. The van der Waals surface area contributed by atoms with Gasteiger partial charge in [-0.1, -0.05) is 0 Å². The zero-order chi connectivity index (χ0) is 10.2. The molecular weight excluding hydrogens is 200 g/mol. The number of rotatable bonds is 4. The maximum atomic E-state index is 11.0. The van der Waals surface area contributed by atoms with E-state index in [1.165, 1.54) is 6.42 Å². The quantitative estimate of drug-likeness (QED) is 0.688. The SMILES string of the molecule is NCCCC1CN(C2CS(=O)(=O)C2)C1. The van der Waals surface area contributed by atoms with Crippen molar-refractivity contribution in [2.75, 3.05) is 31.1 Å². The largest absolute Gasteiger partial charge is 0.330 e. The van der Waals surface area contributed by atoms with E-state index in [1.807, 2.05) is 0 Å². The lowest BCUT2D eigenvalue weighted by Crippen LogP contribution is -2.61. The van der Waals surface area contributed by atoms with Gasteiger partial charge in [-0.25, -0.2) is 8.42 Å². The number of hydrogen-bond acceptors (Lipinski definition) is 4. The van der Waals surface area contributed by atoms with Crippen LogP contribution in [0.4, 0.5) is 0 Å². The van der Waals surface area contributed by atoms with Crippen molar-refractivity contribution in [3.8, 4) is 0 Å². The predicted molar refractivity (Wildman–Crippen MR) is 55.8 cm³/mol. The second-order valence-corrected chi connectivity index (χ2v) is 6.64. The van der Waals surface area contributed by atoms with Crippen molar-refractivity contribution in [3.63, 3.8) is 0 Å². The van der Waals surface area contributed by atoms with Crippen molar-refractivity contribution in [1.82, 2.24) is 4.90 Å². The Morgan fingerprint density at radius 3 is 2.43 bits per heavy atom. The van der Waals surface area contributed by atoms with Gasteiger partial charge in [-0.2, -0.15) is 0 Å². The lowest BCUT2D eigenvalue weighted by Gasteiger charge is -2.47. The standard InChI is InChI=1S/C9H18N2O2S/c10-3-1-2-8-4-11(5-8)9-6-14(12,13)7-9/h8-9H,1-7,10H2. The zero-order valence-electron chi connectivity index (χ0n) is 8.35. The highest BCUT2D eigenvalue weighted by molar-refractivity contribution is 7.92. The van der Waals surface area contributed by atoms with Crippen molar-refractivity contribution in [1.29, 1.82) is 0 Å². The first-order chi connectivity index (χ1) is 6.61. The molecule has 14 heavy (non-hydrogen) atoms. The van der Waals surface area contributed by atoms with Gasteiger partial charge in [0.1, 0.15) is 0 Å². The molecule has 2 aliphatic heterocycles. The molecule has 5 heteroatoms. The number of likely N-dealkylation sites (tertiary alicyclic amines) is 1. The number of nitrogens with zero attached hydrogens (tertiary/aromatic N) is 1. The summed E-state index contributed by atoms with van der Waals surface area (Å²) in [7, 11) is -2.65. The topological polar surface area (TPSA) is 63.4 Å². The van der Waals surface area contributed by atoms with E-state index in [1.54, 1.807) is 0 Å². The van der Waals surface area contributed by atoms with E-state index in [-0.39, 0.29) is 0 Å². The molecule has 0 amide bonds. The predicted octanol–water partition coefficient (Wildman–Crippen LogP) is -0.546. The normalized spacial score (nSPS) is 28.4. The highest BCUT2D eigenvalue weighted by Gasteiger charge is 2.42. The minimum atomic E-state index is -2.65. The molecule has 2 N–H and O–H groups in total. The maximum Gasteiger partial charge on any atom is 0.153 e. The van der Waals surface area contributed by atoms with Gasteiger partial charge in [0, 0.05) is 19.1 Å². The van der Waals surface area contributed by atoms with Crippen molar-refractivity contribution in [2.24, 2.45) is 11.7 Å². The smallest absolute Gasteiger partial charge is 0.153 e. The van der Waals surface area contributed by atoms with Crippen LogP contribution in [0, 0.1) is 5.92 Å². The average molecular weight is 218 g/mol. The van der Waals surface area contributed by atoms with E-state index < -0.39 is 9.84 Å². The summed E-state index contributed by atoms with van der Waals surface area (Å²) in [6, 6.07) is 0.328. The summed E-state index contributed by atoms with van der Waals surface area (Å²) in [4.78, 5) is 2.29. The second-order valence-electron chi connectivity index (χ2n) is 4.48. The van der Waals surface area contributed by atoms with Crippen LogP contribution in [0.25, 0.3) is 0 Å². The fourth-order valence-electron chi connectivity index (χ4n) is 2.25. The van der Waals surface area contributed by atoms with Crippen LogP contribution >= 0.6 is 0 Å². The van der Waals surface area contributed by atoms with Gasteiger partial charge in [0.05, 0.1) is 11.5 Å². The molecule has 2 fully saturated rings. The lowest BCUT2D eigenvalue weighted by molar-refractivity contribution is 0.0588. The number of nitrogens with two attached hydrogens (primary N) is 1. The van der Waals surface area contributed by atoms with E-state index >= 15 is 0 Å². The van der Waals surface area contributed by atoms with Gasteiger partial charge in [-0.3, -0.25) is 4.90 Å². The molecule has 82 valence electrons. The molecule has 0 bridgehead atoms. The Kier molecular flexibility index (Phi) is 2.81. The Bertz CT molecular complexity index is 284. The van der Waals surface area contributed by atoms with E-state index in [2.05, 4.69) is 4.90 Å². The van der Waals surface area contributed by atoms with Crippen LogP contribution in [0.15, 0.2) is 0 Å². The van der Waals surface area contributed by atoms with Crippen molar-refractivity contribution < 1.29 is 8.42 Å². The molecular formula is C9H18N2O2S. The van der Waals surface area contributed by atoms with Gasteiger partial charge in [0.25, 0.3) is 0 Å².